The number of nitrogens with zero attached hydrogens (tertiary/aromatic N) is 3. The maximum Gasteiger partial charge on any atom is 0.321 e. The summed E-state index contributed by atoms with van der Waals surface area (Å²) in [5, 5.41) is 0.508. The summed E-state index contributed by atoms with van der Waals surface area (Å²) in [6, 6.07) is 9.85. The number of aromatic nitrogens is 4. The summed E-state index contributed by atoms with van der Waals surface area (Å²) >= 11 is -1.23. The van der Waals surface area contributed by atoms with Crippen molar-refractivity contribution in [3.8, 4) is 0 Å². The van der Waals surface area contributed by atoms with Gasteiger partial charge < -0.3 is 8.95 Å². The first-order valence-electron chi connectivity index (χ1n) is 6.96. The number of aryl methyl sites for hydroxylation is 1. The molecular formula is C16H14N4OS. The minimum absolute atomic E-state index is 0.389. The van der Waals surface area contributed by atoms with Crippen molar-refractivity contribution in [3.63, 3.8) is 0 Å². The van der Waals surface area contributed by atoms with Gasteiger partial charge in [0, 0.05) is 35.3 Å². The summed E-state index contributed by atoms with van der Waals surface area (Å²) < 4.78 is 14.5. The Bertz CT molecular complexity index is 959. The molecule has 4 rings (SSSR count). The Morgan fingerprint density at radius 2 is 2.18 bits per heavy atom. The molecule has 0 aliphatic heterocycles. The molecule has 0 bridgehead atoms. The normalized spacial score (nSPS) is 13.0. The highest BCUT2D eigenvalue weighted by Crippen LogP contribution is 2.20. The van der Waals surface area contributed by atoms with Gasteiger partial charge in [0.15, 0.2) is 0 Å². The highest BCUT2D eigenvalue weighted by atomic mass is 32.2. The van der Waals surface area contributed by atoms with E-state index < -0.39 is 11.2 Å². The zero-order valence-corrected chi connectivity index (χ0v) is 12.8. The molecule has 1 unspecified atom stereocenters. The van der Waals surface area contributed by atoms with Crippen molar-refractivity contribution in [3.05, 3.63) is 60.0 Å². The minimum atomic E-state index is -1.23. The monoisotopic (exact) mass is 310 g/mol. The zero-order chi connectivity index (χ0) is 15.1. The van der Waals surface area contributed by atoms with Crippen LogP contribution in [-0.2, 0) is 16.9 Å². The van der Waals surface area contributed by atoms with E-state index in [4.69, 9.17) is 0 Å². The summed E-state index contributed by atoms with van der Waals surface area (Å²) in [6.45, 7) is 2.02. The van der Waals surface area contributed by atoms with Crippen LogP contribution in [0.2, 0.25) is 0 Å². The third kappa shape index (κ3) is 2.26. The van der Waals surface area contributed by atoms with Gasteiger partial charge in [-0.1, -0.05) is 6.07 Å². The fourth-order valence-corrected chi connectivity index (χ4v) is 3.60. The lowest BCUT2D eigenvalue weighted by atomic mass is 10.2. The number of pyridine rings is 1. The van der Waals surface area contributed by atoms with Crippen molar-refractivity contribution in [1.82, 2.24) is 19.4 Å². The van der Waals surface area contributed by atoms with Crippen LogP contribution in [0.5, 0.6) is 0 Å². The van der Waals surface area contributed by atoms with Gasteiger partial charge in [0.05, 0.1) is 11.0 Å². The number of hydrogen-bond donors (Lipinski definition) is 1. The van der Waals surface area contributed by atoms with Gasteiger partial charge in [0.2, 0.25) is 0 Å². The molecule has 1 atom stereocenters. The Balaban J connectivity index is 1.68. The van der Waals surface area contributed by atoms with Gasteiger partial charge >= 0.3 is 5.16 Å². The summed E-state index contributed by atoms with van der Waals surface area (Å²) in [7, 11) is 0. The van der Waals surface area contributed by atoms with Crippen LogP contribution in [0.15, 0.2) is 54.1 Å². The minimum Gasteiger partial charge on any atom is -0.609 e. The average Bonchev–Trinajstić information content (AvgIpc) is 3.13. The van der Waals surface area contributed by atoms with E-state index in [1.54, 1.807) is 6.20 Å². The molecule has 4 aromatic rings. The van der Waals surface area contributed by atoms with Gasteiger partial charge in [0.25, 0.3) is 0 Å². The second-order valence-electron chi connectivity index (χ2n) is 5.24. The molecule has 0 radical (unpaired) electrons. The lowest BCUT2D eigenvalue weighted by Gasteiger charge is -2.07. The fraction of sp³-hybridized carbons (Fsp3) is 0.125. The van der Waals surface area contributed by atoms with Crippen LogP contribution in [-0.4, -0.2) is 23.9 Å². The predicted octanol–water partition coefficient (Wildman–Crippen LogP) is 2.83. The second kappa shape index (κ2) is 5.15. The van der Waals surface area contributed by atoms with E-state index in [-0.39, 0.29) is 0 Å². The predicted molar refractivity (Wildman–Crippen MR) is 86.1 cm³/mol. The first kappa shape index (κ1) is 13.4. The Labute approximate surface area is 130 Å². The van der Waals surface area contributed by atoms with Crippen LogP contribution in [0.3, 0.4) is 0 Å². The lowest BCUT2D eigenvalue weighted by molar-refractivity contribution is 0.587. The van der Waals surface area contributed by atoms with Crippen molar-refractivity contribution < 1.29 is 4.55 Å². The molecule has 3 heterocycles. The topological polar surface area (TPSA) is 69.0 Å². The van der Waals surface area contributed by atoms with Gasteiger partial charge in [-0.2, -0.15) is 4.98 Å². The Hall–Kier alpha value is -2.31. The summed E-state index contributed by atoms with van der Waals surface area (Å²) in [5.74, 6) is 0.389. The number of H-pyrrole nitrogens is 1. The molecule has 6 heteroatoms. The van der Waals surface area contributed by atoms with E-state index in [2.05, 4.69) is 15.0 Å². The molecule has 0 fully saturated rings. The maximum atomic E-state index is 12.6. The fourth-order valence-electron chi connectivity index (χ4n) is 2.53. The molecule has 1 aromatic carbocycles. The van der Waals surface area contributed by atoms with Crippen LogP contribution in [0.25, 0.3) is 16.7 Å². The molecule has 0 aliphatic rings. The smallest absolute Gasteiger partial charge is 0.321 e. The molecule has 110 valence electrons. The first-order chi connectivity index (χ1) is 10.7. The van der Waals surface area contributed by atoms with E-state index in [1.165, 1.54) is 0 Å². The molecule has 0 aliphatic carbocycles. The number of imidazole rings is 2. The third-order valence-electron chi connectivity index (χ3n) is 3.62. The summed E-state index contributed by atoms with van der Waals surface area (Å²) in [6.07, 6.45) is 5.55. The molecule has 0 saturated carbocycles. The van der Waals surface area contributed by atoms with E-state index in [0.717, 1.165) is 27.8 Å². The molecular weight excluding hydrogens is 296 g/mol. The van der Waals surface area contributed by atoms with Gasteiger partial charge in [-0.15, -0.1) is 0 Å². The van der Waals surface area contributed by atoms with Crippen LogP contribution < -0.4 is 0 Å². The SMILES string of the molecule is Cc1ccc2[nH]c([S+]([O-])Cc3cccn4ccnc34)nc2c1. The third-order valence-corrected chi connectivity index (χ3v) is 4.82. The molecule has 1 N–H and O–H groups in total. The standard InChI is InChI=1S/C16H14N4OS/c1-11-4-5-13-14(9-11)19-16(18-13)22(21)10-12-3-2-7-20-8-6-17-15(12)20/h2-9H,10H2,1H3,(H,18,19). The van der Waals surface area contributed by atoms with Crippen molar-refractivity contribution in [2.45, 2.75) is 17.8 Å². The van der Waals surface area contributed by atoms with Crippen LogP contribution in [0, 0.1) is 6.92 Å². The Morgan fingerprint density at radius 1 is 1.27 bits per heavy atom. The number of aromatic amines is 1. The van der Waals surface area contributed by atoms with Crippen molar-refractivity contribution in [1.29, 1.82) is 0 Å². The van der Waals surface area contributed by atoms with Gasteiger partial charge in [-0.3, -0.25) is 4.98 Å². The van der Waals surface area contributed by atoms with Gasteiger partial charge in [0.1, 0.15) is 11.4 Å². The van der Waals surface area contributed by atoms with Gasteiger partial charge in [-0.25, -0.2) is 4.98 Å². The van der Waals surface area contributed by atoms with Crippen LogP contribution in [0.1, 0.15) is 11.1 Å². The number of rotatable bonds is 3. The second-order valence-corrected chi connectivity index (χ2v) is 6.61. The maximum absolute atomic E-state index is 12.6. The Morgan fingerprint density at radius 3 is 3.09 bits per heavy atom. The molecule has 0 saturated heterocycles. The van der Waals surface area contributed by atoms with E-state index in [9.17, 15) is 4.55 Å². The lowest BCUT2D eigenvalue weighted by Crippen LogP contribution is -2.08. The molecule has 22 heavy (non-hydrogen) atoms. The van der Waals surface area contributed by atoms with Crippen molar-refractivity contribution in [2.75, 3.05) is 0 Å². The van der Waals surface area contributed by atoms with Crippen molar-refractivity contribution >= 4 is 27.9 Å². The Kier molecular flexibility index (Phi) is 3.13. The number of hydrogen-bond acceptors (Lipinski definition) is 3. The van der Waals surface area contributed by atoms with E-state index in [1.807, 2.05) is 54.0 Å². The quantitative estimate of drug-likeness (QED) is 0.592. The summed E-state index contributed by atoms with van der Waals surface area (Å²) in [5.41, 5.74) is 4.68. The molecule has 5 nitrogen and oxygen atoms in total. The zero-order valence-electron chi connectivity index (χ0n) is 12.0. The van der Waals surface area contributed by atoms with Crippen LogP contribution >= 0.6 is 0 Å². The number of nitrogens with one attached hydrogen (secondary N) is 1. The number of fused-ring (bicyclic) bond motifs is 2. The van der Waals surface area contributed by atoms with Crippen molar-refractivity contribution in [2.24, 2.45) is 0 Å². The first-order valence-corrected chi connectivity index (χ1v) is 8.28. The van der Waals surface area contributed by atoms with Gasteiger partial charge in [-0.05, 0) is 36.8 Å². The highest BCUT2D eigenvalue weighted by Gasteiger charge is 2.19. The molecule has 0 spiro atoms. The summed E-state index contributed by atoms with van der Waals surface area (Å²) in [4.78, 5) is 11.9. The van der Waals surface area contributed by atoms with E-state index in [0.29, 0.717) is 10.9 Å². The van der Waals surface area contributed by atoms with E-state index >= 15 is 0 Å². The van der Waals surface area contributed by atoms with Crippen LogP contribution in [0.4, 0.5) is 0 Å². The largest absolute Gasteiger partial charge is 0.609 e. The molecule has 3 aromatic heterocycles. The number of benzene rings is 1. The average molecular weight is 310 g/mol. The molecule has 0 amide bonds. The highest BCUT2D eigenvalue weighted by molar-refractivity contribution is 7.90.